The first kappa shape index (κ1) is 17.7. The number of rotatable bonds is 7. The molecular weight excluding hydrogens is 308 g/mol. The van der Waals surface area contributed by atoms with E-state index in [9.17, 15) is 4.79 Å². The maximum absolute atomic E-state index is 11.0. The number of carbonyl (C=O) groups is 1. The van der Waals surface area contributed by atoms with Gasteiger partial charge in [-0.2, -0.15) is 0 Å². The van der Waals surface area contributed by atoms with Crippen molar-refractivity contribution in [3.8, 4) is 17.2 Å². The van der Waals surface area contributed by atoms with Gasteiger partial charge in [0.05, 0.1) is 12.7 Å². The second-order valence-corrected chi connectivity index (χ2v) is 5.52. The van der Waals surface area contributed by atoms with Crippen LogP contribution in [-0.2, 0) is 0 Å². The molecule has 1 N–H and O–H groups in total. The van der Waals surface area contributed by atoms with Gasteiger partial charge < -0.3 is 19.3 Å². The van der Waals surface area contributed by atoms with Crippen LogP contribution in [0.5, 0.6) is 17.2 Å². The lowest BCUT2D eigenvalue weighted by Crippen LogP contribution is -2.11. The van der Waals surface area contributed by atoms with Gasteiger partial charge in [0.2, 0.25) is 0 Å². The molecule has 5 nitrogen and oxygen atoms in total. The molecule has 2 aromatic carbocycles. The highest BCUT2D eigenvalue weighted by Gasteiger charge is 2.10. The number of hydrogen-bond donors (Lipinski definition) is 1. The molecular formula is C19H22O5. The fourth-order valence-electron chi connectivity index (χ4n) is 2.36. The number of aromatic carboxylic acids is 1. The van der Waals surface area contributed by atoms with Crippen LogP contribution >= 0.6 is 0 Å². The molecule has 0 aliphatic carbocycles. The van der Waals surface area contributed by atoms with Crippen LogP contribution in [0, 0.1) is 20.8 Å². The molecule has 0 atom stereocenters. The Morgan fingerprint density at radius 2 is 1.62 bits per heavy atom. The number of carboxylic acid groups (broad SMARTS) is 1. The van der Waals surface area contributed by atoms with Crippen LogP contribution in [0.15, 0.2) is 30.3 Å². The summed E-state index contributed by atoms with van der Waals surface area (Å²) >= 11 is 0. The molecule has 0 saturated heterocycles. The molecule has 0 aliphatic heterocycles. The fraction of sp³-hybridized carbons (Fsp3) is 0.316. The van der Waals surface area contributed by atoms with Gasteiger partial charge in [0.1, 0.15) is 19.0 Å². The van der Waals surface area contributed by atoms with E-state index in [4.69, 9.17) is 19.3 Å². The van der Waals surface area contributed by atoms with Crippen LogP contribution in [0.4, 0.5) is 0 Å². The molecule has 128 valence electrons. The third-order valence-electron chi connectivity index (χ3n) is 3.87. The normalized spacial score (nSPS) is 10.3. The minimum Gasteiger partial charge on any atom is -0.493 e. The Hall–Kier alpha value is -2.69. The van der Waals surface area contributed by atoms with Crippen LogP contribution in [0.25, 0.3) is 0 Å². The summed E-state index contributed by atoms with van der Waals surface area (Å²) in [6.45, 7) is 6.81. The van der Waals surface area contributed by atoms with Gasteiger partial charge in [0.25, 0.3) is 0 Å². The average molecular weight is 330 g/mol. The minimum absolute atomic E-state index is 0.154. The van der Waals surface area contributed by atoms with Crippen molar-refractivity contribution in [2.24, 2.45) is 0 Å². The highest BCUT2D eigenvalue weighted by Crippen LogP contribution is 2.28. The standard InChI is InChI=1S/C19H22O5/c1-12-5-6-13(2)18(14(12)3)24-10-9-23-16-8-7-15(19(20)21)11-17(16)22-4/h5-8,11H,9-10H2,1-4H3,(H,20,21). The van der Waals surface area contributed by atoms with E-state index in [1.807, 2.05) is 26.8 Å². The van der Waals surface area contributed by atoms with E-state index < -0.39 is 5.97 Å². The van der Waals surface area contributed by atoms with Gasteiger partial charge in [-0.25, -0.2) is 4.79 Å². The molecule has 0 radical (unpaired) electrons. The summed E-state index contributed by atoms with van der Waals surface area (Å²) in [4.78, 5) is 11.0. The smallest absolute Gasteiger partial charge is 0.335 e. The molecule has 24 heavy (non-hydrogen) atoms. The van der Waals surface area contributed by atoms with Crippen LogP contribution in [0.2, 0.25) is 0 Å². The van der Waals surface area contributed by atoms with Gasteiger partial charge in [-0.1, -0.05) is 12.1 Å². The maximum atomic E-state index is 11.0. The van der Waals surface area contributed by atoms with Gasteiger partial charge in [0, 0.05) is 0 Å². The van der Waals surface area contributed by atoms with Crippen molar-refractivity contribution >= 4 is 5.97 Å². The Bertz CT molecular complexity index is 737. The van der Waals surface area contributed by atoms with Gasteiger partial charge in [0.15, 0.2) is 11.5 Å². The first-order chi connectivity index (χ1) is 11.4. The Morgan fingerprint density at radius 3 is 2.29 bits per heavy atom. The third kappa shape index (κ3) is 3.98. The minimum atomic E-state index is -1.01. The lowest BCUT2D eigenvalue weighted by molar-refractivity contribution is 0.0696. The SMILES string of the molecule is COc1cc(C(=O)O)ccc1OCCOc1c(C)ccc(C)c1C. The summed E-state index contributed by atoms with van der Waals surface area (Å²) < 4.78 is 16.7. The number of ether oxygens (including phenoxy) is 3. The second-order valence-electron chi connectivity index (χ2n) is 5.52. The number of aryl methyl sites for hydroxylation is 2. The Kier molecular flexibility index (Phi) is 5.68. The molecule has 0 bridgehead atoms. The molecule has 0 saturated carbocycles. The van der Waals surface area contributed by atoms with Crippen LogP contribution in [0.3, 0.4) is 0 Å². The average Bonchev–Trinajstić information content (AvgIpc) is 2.57. The predicted molar refractivity (Wildman–Crippen MR) is 91.6 cm³/mol. The van der Waals surface area contributed by atoms with E-state index in [0.717, 1.165) is 16.9 Å². The van der Waals surface area contributed by atoms with Crippen molar-refractivity contribution in [3.05, 3.63) is 52.6 Å². The maximum Gasteiger partial charge on any atom is 0.335 e. The summed E-state index contributed by atoms with van der Waals surface area (Å²) in [6.07, 6.45) is 0. The van der Waals surface area contributed by atoms with E-state index >= 15 is 0 Å². The van der Waals surface area contributed by atoms with Gasteiger partial charge >= 0.3 is 5.97 Å². The summed E-state index contributed by atoms with van der Waals surface area (Å²) in [5.74, 6) is 0.752. The van der Waals surface area contributed by atoms with E-state index in [2.05, 4.69) is 6.07 Å². The molecule has 0 fully saturated rings. The first-order valence-electron chi connectivity index (χ1n) is 7.67. The Balaban J connectivity index is 1.98. The van der Waals surface area contributed by atoms with Crippen molar-refractivity contribution in [2.45, 2.75) is 20.8 Å². The summed E-state index contributed by atoms with van der Waals surface area (Å²) in [5.41, 5.74) is 3.55. The van der Waals surface area contributed by atoms with Crippen LogP contribution in [-0.4, -0.2) is 31.4 Å². The Morgan fingerprint density at radius 1 is 0.958 bits per heavy atom. The van der Waals surface area contributed by atoms with E-state index in [1.165, 1.54) is 24.8 Å². The summed E-state index contributed by atoms with van der Waals surface area (Å²) in [5, 5.41) is 8.99. The molecule has 0 unspecified atom stereocenters. The monoisotopic (exact) mass is 330 g/mol. The van der Waals surface area contributed by atoms with Crippen molar-refractivity contribution in [2.75, 3.05) is 20.3 Å². The molecule has 2 rings (SSSR count). The molecule has 0 amide bonds. The largest absolute Gasteiger partial charge is 0.493 e. The summed E-state index contributed by atoms with van der Waals surface area (Å²) in [6, 6.07) is 8.61. The molecule has 0 aliphatic rings. The fourth-order valence-corrected chi connectivity index (χ4v) is 2.36. The topological polar surface area (TPSA) is 65.0 Å². The first-order valence-corrected chi connectivity index (χ1v) is 7.67. The number of methoxy groups -OCH3 is 1. The van der Waals surface area contributed by atoms with E-state index in [-0.39, 0.29) is 5.56 Å². The van der Waals surface area contributed by atoms with E-state index in [1.54, 1.807) is 6.07 Å². The van der Waals surface area contributed by atoms with Gasteiger partial charge in [-0.3, -0.25) is 0 Å². The van der Waals surface area contributed by atoms with Crippen LogP contribution in [0.1, 0.15) is 27.0 Å². The van der Waals surface area contributed by atoms with Gasteiger partial charge in [-0.05, 0) is 55.7 Å². The molecule has 0 spiro atoms. The number of hydrogen-bond acceptors (Lipinski definition) is 4. The van der Waals surface area contributed by atoms with Crippen molar-refractivity contribution in [1.29, 1.82) is 0 Å². The van der Waals surface area contributed by atoms with Crippen molar-refractivity contribution < 1.29 is 24.1 Å². The Labute approximate surface area is 141 Å². The molecule has 2 aromatic rings. The third-order valence-corrected chi connectivity index (χ3v) is 3.87. The van der Waals surface area contributed by atoms with E-state index in [0.29, 0.717) is 24.7 Å². The molecule has 0 heterocycles. The number of benzene rings is 2. The van der Waals surface area contributed by atoms with Crippen molar-refractivity contribution in [3.63, 3.8) is 0 Å². The predicted octanol–water partition coefficient (Wildman–Crippen LogP) is 3.78. The second kappa shape index (κ2) is 7.73. The quantitative estimate of drug-likeness (QED) is 0.783. The van der Waals surface area contributed by atoms with Crippen molar-refractivity contribution in [1.82, 2.24) is 0 Å². The van der Waals surface area contributed by atoms with Gasteiger partial charge in [-0.15, -0.1) is 0 Å². The zero-order chi connectivity index (χ0) is 17.7. The zero-order valence-electron chi connectivity index (χ0n) is 14.4. The lowest BCUT2D eigenvalue weighted by atomic mass is 10.1. The number of carboxylic acids is 1. The highest BCUT2D eigenvalue weighted by atomic mass is 16.5. The highest BCUT2D eigenvalue weighted by molar-refractivity contribution is 5.88. The van der Waals surface area contributed by atoms with Crippen LogP contribution < -0.4 is 14.2 Å². The zero-order valence-corrected chi connectivity index (χ0v) is 14.4. The molecule has 0 aromatic heterocycles. The lowest BCUT2D eigenvalue weighted by Gasteiger charge is -2.15. The summed E-state index contributed by atoms with van der Waals surface area (Å²) in [7, 11) is 1.48. The molecule has 5 heteroatoms.